The topological polar surface area (TPSA) is 100 Å². The SMILES string of the molecule is O=C1NC(=O)/C(=C/c2ccnc(N3CCC(CNCc4ccc(-c5ccccc5)cn4)CC3)n2)S1. The maximum Gasteiger partial charge on any atom is 0.290 e. The number of aromatic nitrogens is 3. The average Bonchev–Trinajstić information content (AvgIpc) is 3.21. The maximum atomic E-state index is 11.8. The molecular weight excluding hydrogens is 460 g/mol. The van der Waals surface area contributed by atoms with Crippen molar-refractivity contribution in [2.75, 3.05) is 24.5 Å². The summed E-state index contributed by atoms with van der Waals surface area (Å²) in [4.78, 5) is 39.3. The summed E-state index contributed by atoms with van der Waals surface area (Å²) in [5.74, 6) is 0.865. The van der Waals surface area contributed by atoms with Crippen molar-refractivity contribution in [1.29, 1.82) is 0 Å². The minimum Gasteiger partial charge on any atom is -0.341 e. The number of amides is 2. The number of nitrogens with zero attached hydrogens (tertiary/aromatic N) is 4. The molecule has 35 heavy (non-hydrogen) atoms. The van der Waals surface area contributed by atoms with Crippen LogP contribution in [-0.2, 0) is 11.3 Å². The van der Waals surface area contributed by atoms with Gasteiger partial charge in [0.05, 0.1) is 16.3 Å². The van der Waals surface area contributed by atoms with Crippen LogP contribution in [-0.4, -0.2) is 45.7 Å². The molecule has 0 bridgehead atoms. The fourth-order valence-electron chi connectivity index (χ4n) is 4.22. The van der Waals surface area contributed by atoms with E-state index in [0.29, 0.717) is 22.5 Å². The monoisotopic (exact) mass is 486 g/mol. The van der Waals surface area contributed by atoms with Gasteiger partial charge in [0.2, 0.25) is 5.95 Å². The second kappa shape index (κ2) is 10.8. The van der Waals surface area contributed by atoms with Crippen LogP contribution in [0.15, 0.2) is 65.8 Å². The first-order valence-electron chi connectivity index (χ1n) is 11.7. The van der Waals surface area contributed by atoms with Crippen molar-refractivity contribution in [3.63, 3.8) is 0 Å². The first kappa shape index (κ1) is 23.2. The summed E-state index contributed by atoms with van der Waals surface area (Å²) in [6, 6.07) is 16.2. The minimum atomic E-state index is -0.379. The number of carbonyl (C=O) groups excluding carboxylic acids is 2. The summed E-state index contributed by atoms with van der Waals surface area (Å²) in [7, 11) is 0. The Balaban J connectivity index is 1.09. The third-order valence-corrected chi connectivity index (χ3v) is 6.96. The van der Waals surface area contributed by atoms with Crippen molar-refractivity contribution in [1.82, 2.24) is 25.6 Å². The van der Waals surface area contributed by atoms with E-state index >= 15 is 0 Å². The summed E-state index contributed by atoms with van der Waals surface area (Å²) in [5.41, 5.74) is 3.97. The van der Waals surface area contributed by atoms with Gasteiger partial charge in [-0.15, -0.1) is 0 Å². The normalized spacial score (nSPS) is 17.7. The first-order chi connectivity index (χ1) is 17.1. The Labute approximate surface area is 208 Å². The van der Waals surface area contributed by atoms with Gasteiger partial charge >= 0.3 is 0 Å². The Bertz CT molecular complexity index is 1220. The van der Waals surface area contributed by atoms with E-state index in [-0.39, 0.29) is 11.1 Å². The predicted octanol–water partition coefficient (Wildman–Crippen LogP) is 3.87. The van der Waals surface area contributed by atoms with Crippen LogP contribution in [0.1, 0.15) is 24.2 Å². The van der Waals surface area contributed by atoms with Gasteiger partial charge in [0.15, 0.2) is 0 Å². The number of anilines is 1. The third-order valence-electron chi connectivity index (χ3n) is 6.15. The zero-order valence-electron chi connectivity index (χ0n) is 19.2. The van der Waals surface area contributed by atoms with Crippen LogP contribution in [0.4, 0.5) is 10.7 Å². The highest BCUT2D eigenvalue weighted by Gasteiger charge is 2.25. The molecule has 0 radical (unpaired) electrons. The molecule has 9 heteroatoms. The van der Waals surface area contributed by atoms with Crippen molar-refractivity contribution < 1.29 is 9.59 Å². The molecule has 178 valence electrons. The Morgan fingerprint density at radius 1 is 1.03 bits per heavy atom. The number of hydrogen-bond donors (Lipinski definition) is 2. The number of rotatable bonds is 7. The number of hydrogen-bond acceptors (Lipinski definition) is 8. The van der Waals surface area contributed by atoms with Crippen molar-refractivity contribution in [2.24, 2.45) is 5.92 Å². The lowest BCUT2D eigenvalue weighted by atomic mass is 9.97. The van der Waals surface area contributed by atoms with E-state index in [9.17, 15) is 9.59 Å². The van der Waals surface area contributed by atoms with E-state index < -0.39 is 0 Å². The van der Waals surface area contributed by atoms with Gasteiger partial charge in [-0.05, 0) is 60.8 Å². The highest BCUT2D eigenvalue weighted by molar-refractivity contribution is 8.18. The summed E-state index contributed by atoms with van der Waals surface area (Å²) < 4.78 is 0. The first-order valence-corrected chi connectivity index (χ1v) is 12.5. The van der Waals surface area contributed by atoms with Gasteiger partial charge in [-0.25, -0.2) is 9.97 Å². The number of imide groups is 1. The van der Waals surface area contributed by atoms with Crippen molar-refractivity contribution in [3.8, 4) is 11.1 Å². The summed E-state index contributed by atoms with van der Waals surface area (Å²) in [5, 5.41) is 5.46. The van der Waals surface area contributed by atoms with Crippen LogP contribution in [0.2, 0.25) is 0 Å². The molecular formula is C26H26N6O2S. The molecule has 3 aromatic rings. The molecule has 5 rings (SSSR count). The molecule has 8 nitrogen and oxygen atoms in total. The van der Waals surface area contributed by atoms with Crippen molar-refractivity contribution in [2.45, 2.75) is 19.4 Å². The quantitative estimate of drug-likeness (QED) is 0.486. The smallest absolute Gasteiger partial charge is 0.290 e. The third kappa shape index (κ3) is 5.93. The van der Waals surface area contributed by atoms with Crippen LogP contribution < -0.4 is 15.5 Å². The number of pyridine rings is 1. The number of carbonyl (C=O) groups is 2. The van der Waals surface area contributed by atoms with Crippen LogP contribution >= 0.6 is 11.8 Å². The van der Waals surface area contributed by atoms with E-state index in [1.807, 2.05) is 24.4 Å². The second-order valence-electron chi connectivity index (χ2n) is 8.60. The molecule has 2 saturated heterocycles. The Kier molecular flexibility index (Phi) is 7.15. The van der Waals surface area contributed by atoms with E-state index in [2.05, 4.69) is 54.8 Å². The molecule has 2 aliphatic rings. The second-order valence-corrected chi connectivity index (χ2v) is 9.61. The van der Waals surface area contributed by atoms with Crippen molar-refractivity contribution in [3.05, 3.63) is 77.2 Å². The average molecular weight is 487 g/mol. The highest BCUT2D eigenvalue weighted by atomic mass is 32.2. The van der Waals surface area contributed by atoms with Crippen LogP contribution in [0, 0.1) is 5.92 Å². The molecule has 2 amide bonds. The Hall–Kier alpha value is -3.56. The van der Waals surface area contributed by atoms with Crippen molar-refractivity contribution >= 4 is 34.9 Å². The fourth-order valence-corrected chi connectivity index (χ4v) is 4.89. The van der Waals surface area contributed by atoms with E-state index in [1.54, 1.807) is 18.3 Å². The van der Waals surface area contributed by atoms with Gasteiger partial charge in [-0.2, -0.15) is 0 Å². The van der Waals surface area contributed by atoms with E-state index in [4.69, 9.17) is 0 Å². The van der Waals surface area contributed by atoms with E-state index in [0.717, 1.165) is 62.0 Å². The summed E-state index contributed by atoms with van der Waals surface area (Å²) >= 11 is 0.892. The van der Waals surface area contributed by atoms with Crippen LogP contribution in [0.5, 0.6) is 0 Å². The molecule has 0 spiro atoms. The van der Waals surface area contributed by atoms with Gasteiger partial charge < -0.3 is 10.2 Å². The highest BCUT2D eigenvalue weighted by Crippen LogP contribution is 2.26. The van der Waals surface area contributed by atoms with Gasteiger partial charge in [0.1, 0.15) is 0 Å². The molecule has 0 aliphatic carbocycles. The zero-order valence-corrected chi connectivity index (χ0v) is 20.0. The Morgan fingerprint density at radius 3 is 2.57 bits per heavy atom. The number of benzene rings is 1. The van der Waals surface area contributed by atoms with Gasteiger partial charge in [-0.3, -0.25) is 19.9 Å². The van der Waals surface area contributed by atoms with Crippen LogP contribution in [0.25, 0.3) is 17.2 Å². The lowest BCUT2D eigenvalue weighted by Gasteiger charge is -2.32. The minimum absolute atomic E-state index is 0.355. The predicted molar refractivity (Wildman–Crippen MR) is 137 cm³/mol. The molecule has 4 heterocycles. The van der Waals surface area contributed by atoms with Gasteiger partial charge in [0.25, 0.3) is 11.1 Å². The molecule has 2 fully saturated rings. The molecule has 1 aromatic carbocycles. The maximum absolute atomic E-state index is 11.8. The lowest BCUT2D eigenvalue weighted by molar-refractivity contribution is -0.115. The number of piperidine rings is 1. The van der Waals surface area contributed by atoms with Gasteiger partial charge in [-0.1, -0.05) is 36.4 Å². The van der Waals surface area contributed by atoms with Gasteiger partial charge in [0, 0.05) is 37.6 Å². The van der Waals surface area contributed by atoms with E-state index in [1.165, 1.54) is 5.56 Å². The fraction of sp³-hybridized carbons (Fsp3) is 0.269. The molecule has 0 unspecified atom stereocenters. The molecule has 0 saturated carbocycles. The molecule has 2 N–H and O–H groups in total. The van der Waals surface area contributed by atoms with Crippen LogP contribution in [0.3, 0.4) is 0 Å². The molecule has 0 atom stereocenters. The Morgan fingerprint density at radius 2 is 1.86 bits per heavy atom. The summed E-state index contributed by atoms with van der Waals surface area (Å²) in [6.45, 7) is 3.46. The standard InChI is InChI=1S/C26H26N6O2S/c33-24-23(35-26(34)31-24)14-21-8-11-28-25(30-21)32-12-9-18(10-13-32)15-27-17-22-7-6-20(16-29-22)19-4-2-1-3-5-19/h1-8,11,14,16,18,27H,9-10,12-13,15,17H2,(H,31,33,34)/b23-14-. The summed E-state index contributed by atoms with van der Waals surface area (Å²) in [6.07, 6.45) is 7.36. The lowest BCUT2D eigenvalue weighted by Crippen LogP contribution is -2.38. The number of thioether (sulfide) groups is 1. The largest absolute Gasteiger partial charge is 0.341 e. The number of nitrogens with one attached hydrogen (secondary N) is 2. The molecule has 2 aromatic heterocycles. The molecule has 2 aliphatic heterocycles. The zero-order chi connectivity index (χ0) is 24.0.